The maximum atomic E-state index is 11.7. The molecule has 0 saturated heterocycles. The fraction of sp³-hybridized carbons (Fsp3) is 0.188. The third kappa shape index (κ3) is 3.75. The summed E-state index contributed by atoms with van der Waals surface area (Å²) in [7, 11) is 1.86. The molecule has 0 aliphatic rings. The van der Waals surface area contributed by atoms with E-state index >= 15 is 0 Å². The third-order valence-electron chi connectivity index (χ3n) is 2.92. The number of nitrogens with zero attached hydrogens (tertiary/aromatic N) is 1. The van der Waals surface area contributed by atoms with Crippen LogP contribution in [0.25, 0.3) is 0 Å². The van der Waals surface area contributed by atoms with Gasteiger partial charge in [-0.3, -0.25) is 0 Å². The van der Waals surface area contributed by atoms with Crippen molar-refractivity contribution < 1.29 is 14.3 Å². The second-order valence-electron chi connectivity index (χ2n) is 4.33. The van der Waals surface area contributed by atoms with E-state index in [1.54, 1.807) is 31.2 Å². The molecule has 4 heteroatoms. The van der Waals surface area contributed by atoms with E-state index < -0.39 is 12.4 Å². The number of hydrogen-bond donors (Lipinski definition) is 0. The van der Waals surface area contributed by atoms with Gasteiger partial charge in [-0.05, 0) is 31.2 Å². The highest BCUT2D eigenvalue weighted by atomic mass is 16.7. The molecule has 2 aromatic rings. The van der Waals surface area contributed by atoms with Crippen LogP contribution in [0.4, 0.5) is 10.5 Å². The predicted octanol–water partition coefficient (Wildman–Crippen LogP) is 3.68. The Labute approximate surface area is 118 Å². The fourth-order valence-corrected chi connectivity index (χ4v) is 1.70. The SMILES string of the molecule is CC(OC(=O)Oc1ccccc1)N(C)c1ccccc1. The molecule has 2 aromatic carbocycles. The number of ether oxygens (including phenoxy) is 2. The van der Waals surface area contributed by atoms with Crippen LogP contribution in [-0.4, -0.2) is 19.4 Å². The van der Waals surface area contributed by atoms with Crippen molar-refractivity contribution >= 4 is 11.8 Å². The minimum Gasteiger partial charge on any atom is -0.410 e. The molecule has 0 amide bonds. The van der Waals surface area contributed by atoms with Crippen LogP contribution in [0, 0.1) is 0 Å². The summed E-state index contributed by atoms with van der Waals surface area (Å²) in [5.74, 6) is 0.465. The second kappa shape index (κ2) is 6.61. The van der Waals surface area contributed by atoms with Gasteiger partial charge in [0.1, 0.15) is 5.75 Å². The van der Waals surface area contributed by atoms with Gasteiger partial charge in [-0.25, -0.2) is 4.79 Å². The van der Waals surface area contributed by atoms with E-state index in [4.69, 9.17) is 9.47 Å². The van der Waals surface area contributed by atoms with Gasteiger partial charge in [0.2, 0.25) is 0 Å². The topological polar surface area (TPSA) is 38.8 Å². The Morgan fingerprint density at radius 3 is 2.15 bits per heavy atom. The molecule has 1 unspecified atom stereocenters. The average molecular weight is 271 g/mol. The van der Waals surface area contributed by atoms with Crippen LogP contribution in [0.15, 0.2) is 60.7 Å². The van der Waals surface area contributed by atoms with Crippen molar-refractivity contribution in [2.75, 3.05) is 11.9 Å². The summed E-state index contributed by atoms with van der Waals surface area (Å²) in [5.41, 5.74) is 0.965. The normalized spacial score (nSPS) is 11.5. The lowest BCUT2D eigenvalue weighted by Gasteiger charge is -2.26. The van der Waals surface area contributed by atoms with Crippen LogP contribution in [0.2, 0.25) is 0 Å². The first kappa shape index (κ1) is 13.9. The highest BCUT2D eigenvalue weighted by molar-refractivity contribution is 5.64. The van der Waals surface area contributed by atoms with Crippen molar-refractivity contribution in [1.29, 1.82) is 0 Å². The summed E-state index contributed by atoms with van der Waals surface area (Å²) < 4.78 is 10.3. The maximum Gasteiger partial charge on any atom is 0.515 e. The summed E-state index contributed by atoms with van der Waals surface area (Å²) in [5, 5.41) is 0. The Kier molecular flexibility index (Phi) is 4.60. The largest absolute Gasteiger partial charge is 0.515 e. The molecule has 20 heavy (non-hydrogen) atoms. The molecule has 2 rings (SSSR count). The van der Waals surface area contributed by atoms with E-state index in [2.05, 4.69) is 0 Å². The maximum absolute atomic E-state index is 11.7. The van der Waals surface area contributed by atoms with Gasteiger partial charge in [-0.2, -0.15) is 0 Å². The van der Waals surface area contributed by atoms with Gasteiger partial charge in [-0.1, -0.05) is 36.4 Å². The lowest BCUT2D eigenvalue weighted by atomic mass is 10.3. The van der Waals surface area contributed by atoms with Crippen molar-refractivity contribution in [3.8, 4) is 5.75 Å². The first-order chi connectivity index (χ1) is 9.66. The van der Waals surface area contributed by atoms with Crippen molar-refractivity contribution in [2.24, 2.45) is 0 Å². The fourth-order valence-electron chi connectivity index (χ4n) is 1.70. The van der Waals surface area contributed by atoms with Crippen molar-refractivity contribution in [3.05, 3.63) is 60.7 Å². The zero-order chi connectivity index (χ0) is 14.4. The van der Waals surface area contributed by atoms with Crippen LogP contribution in [0.5, 0.6) is 5.75 Å². The molecule has 0 fully saturated rings. The van der Waals surface area contributed by atoms with Gasteiger partial charge in [0.25, 0.3) is 0 Å². The van der Waals surface area contributed by atoms with E-state index in [0.29, 0.717) is 5.75 Å². The van der Waals surface area contributed by atoms with Crippen LogP contribution >= 0.6 is 0 Å². The Bertz CT molecular complexity index is 542. The van der Waals surface area contributed by atoms with Gasteiger partial charge in [-0.15, -0.1) is 0 Å². The smallest absolute Gasteiger partial charge is 0.410 e. The number of benzene rings is 2. The monoisotopic (exact) mass is 271 g/mol. The summed E-state index contributed by atoms with van der Waals surface area (Å²) in [6.07, 6.45) is -1.14. The minimum absolute atomic E-state index is 0.423. The molecular weight excluding hydrogens is 254 g/mol. The Balaban J connectivity index is 1.91. The van der Waals surface area contributed by atoms with Crippen LogP contribution < -0.4 is 9.64 Å². The molecule has 0 radical (unpaired) electrons. The second-order valence-corrected chi connectivity index (χ2v) is 4.33. The van der Waals surface area contributed by atoms with E-state index in [-0.39, 0.29) is 0 Å². The molecule has 0 aliphatic carbocycles. The standard InChI is InChI=1S/C16H17NO3/c1-13(17(2)14-9-5-3-6-10-14)19-16(18)20-15-11-7-4-8-12-15/h3-13H,1-2H3. The van der Waals surface area contributed by atoms with Gasteiger partial charge in [0.15, 0.2) is 6.23 Å². The van der Waals surface area contributed by atoms with Crippen molar-refractivity contribution in [2.45, 2.75) is 13.2 Å². The zero-order valence-corrected chi connectivity index (χ0v) is 11.5. The number of anilines is 1. The summed E-state index contributed by atoms with van der Waals surface area (Å²) in [4.78, 5) is 13.5. The lowest BCUT2D eigenvalue weighted by Crippen LogP contribution is -2.34. The molecule has 1 atom stereocenters. The van der Waals surface area contributed by atoms with Gasteiger partial charge in [0.05, 0.1) is 0 Å². The number of para-hydroxylation sites is 2. The molecular formula is C16H17NO3. The summed E-state index contributed by atoms with van der Waals surface area (Å²) in [6.45, 7) is 1.79. The zero-order valence-electron chi connectivity index (χ0n) is 11.5. The lowest BCUT2D eigenvalue weighted by molar-refractivity contribution is 0.0661. The molecule has 0 spiro atoms. The number of carbonyl (C=O) groups is 1. The molecule has 0 bridgehead atoms. The van der Waals surface area contributed by atoms with E-state index in [1.807, 2.05) is 48.3 Å². The number of carbonyl (C=O) groups excluding carboxylic acids is 1. The van der Waals surface area contributed by atoms with Crippen LogP contribution in [0.1, 0.15) is 6.92 Å². The Hall–Kier alpha value is -2.49. The van der Waals surface area contributed by atoms with E-state index in [9.17, 15) is 4.79 Å². The molecule has 0 heterocycles. The molecule has 0 aliphatic heterocycles. The molecule has 0 aromatic heterocycles. The van der Waals surface area contributed by atoms with Gasteiger partial charge >= 0.3 is 6.16 Å². The predicted molar refractivity (Wildman–Crippen MR) is 77.9 cm³/mol. The number of rotatable bonds is 4. The number of hydrogen-bond acceptors (Lipinski definition) is 4. The Morgan fingerprint density at radius 2 is 1.55 bits per heavy atom. The highest BCUT2D eigenvalue weighted by Gasteiger charge is 2.16. The van der Waals surface area contributed by atoms with Gasteiger partial charge in [0, 0.05) is 12.7 Å². The summed E-state index contributed by atoms with van der Waals surface area (Å²) in [6, 6.07) is 18.5. The Morgan fingerprint density at radius 1 is 1.00 bits per heavy atom. The average Bonchev–Trinajstić information content (AvgIpc) is 2.48. The molecule has 4 nitrogen and oxygen atoms in total. The quantitative estimate of drug-likeness (QED) is 0.483. The molecule has 0 N–H and O–H groups in total. The highest BCUT2D eigenvalue weighted by Crippen LogP contribution is 2.16. The third-order valence-corrected chi connectivity index (χ3v) is 2.92. The van der Waals surface area contributed by atoms with Crippen LogP contribution in [-0.2, 0) is 4.74 Å². The first-order valence-corrected chi connectivity index (χ1v) is 6.38. The first-order valence-electron chi connectivity index (χ1n) is 6.38. The van der Waals surface area contributed by atoms with Crippen molar-refractivity contribution in [3.63, 3.8) is 0 Å². The molecule has 0 saturated carbocycles. The van der Waals surface area contributed by atoms with Gasteiger partial charge < -0.3 is 14.4 Å². The minimum atomic E-state index is -0.716. The van der Waals surface area contributed by atoms with Crippen molar-refractivity contribution in [1.82, 2.24) is 0 Å². The molecule has 104 valence electrons. The van der Waals surface area contributed by atoms with Crippen LogP contribution in [0.3, 0.4) is 0 Å². The summed E-state index contributed by atoms with van der Waals surface area (Å²) >= 11 is 0. The van der Waals surface area contributed by atoms with E-state index in [0.717, 1.165) is 5.69 Å². The van der Waals surface area contributed by atoms with E-state index in [1.165, 1.54) is 0 Å².